The highest BCUT2D eigenvalue weighted by Crippen LogP contribution is 2.34. The highest BCUT2D eigenvalue weighted by molar-refractivity contribution is 7.16. The Kier molecular flexibility index (Phi) is 4.72. The Morgan fingerprint density at radius 2 is 2.04 bits per heavy atom. The molecule has 0 radical (unpaired) electrons. The highest BCUT2D eigenvalue weighted by Gasteiger charge is 2.31. The summed E-state index contributed by atoms with van der Waals surface area (Å²) in [6.07, 6.45) is 3.95. The first-order valence-corrected chi connectivity index (χ1v) is 10.0. The van der Waals surface area contributed by atoms with Gasteiger partial charge in [0.25, 0.3) is 5.91 Å². The van der Waals surface area contributed by atoms with E-state index in [2.05, 4.69) is 24.0 Å². The van der Waals surface area contributed by atoms with Crippen molar-refractivity contribution in [1.29, 1.82) is 0 Å². The second-order valence-corrected chi connectivity index (χ2v) is 8.21. The Hall–Kier alpha value is -2.28. The smallest absolute Gasteiger partial charge is 0.254 e. The number of likely N-dealkylation sites (tertiary alicyclic amines) is 1. The van der Waals surface area contributed by atoms with E-state index < -0.39 is 0 Å². The summed E-state index contributed by atoms with van der Waals surface area (Å²) in [6.45, 7) is 5.10. The lowest BCUT2D eigenvalue weighted by Gasteiger charge is -2.34. The van der Waals surface area contributed by atoms with Gasteiger partial charge in [0, 0.05) is 18.5 Å². The second-order valence-electron chi connectivity index (χ2n) is 7.23. The van der Waals surface area contributed by atoms with Crippen LogP contribution in [-0.2, 0) is 6.42 Å². The summed E-state index contributed by atoms with van der Waals surface area (Å²) in [5.74, 6) is 1.48. The minimum atomic E-state index is 0.0232. The van der Waals surface area contributed by atoms with Gasteiger partial charge in [-0.1, -0.05) is 43.4 Å². The van der Waals surface area contributed by atoms with Gasteiger partial charge in [-0.2, -0.15) is 9.61 Å². The van der Waals surface area contributed by atoms with E-state index in [1.165, 1.54) is 0 Å². The van der Waals surface area contributed by atoms with Crippen molar-refractivity contribution in [2.24, 2.45) is 5.92 Å². The summed E-state index contributed by atoms with van der Waals surface area (Å²) in [5, 5.41) is 14.3. The molecule has 1 amide bonds. The fraction of sp³-hybridized carbons (Fsp3) is 0.474. The maximum atomic E-state index is 13.0. The van der Waals surface area contributed by atoms with Crippen LogP contribution in [0.25, 0.3) is 4.96 Å². The average Bonchev–Trinajstić information content (AvgIpc) is 3.23. The fourth-order valence-electron chi connectivity index (χ4n) is 3.48. The number of carbonyl (C=O) groups excluding carboxylic acids is 1. The lowest BCUT2D eigenvalue weighted by atomic mass is 10.0. The molecule has 0 aliphatic carbocycles. The molecule has 1 aliphatic rings. The minimum Gasteiger partial charge on any atom is -0.329 e. The van der Waals surface area contributed by atoms with Gasteiger partial charge in [0.05, 0.1) is 6.04 Å². The standard InChI is InChI=1S/C19H23N5OS/c1-13(2)12-16-20-21-19-24(16)22-17(26-19)15-10-6-7-11-23(15)18(25)14-8-4-3-5-9-14/h3-5,8-9,13,15H,6-7,10-12H2,1-2H3/t15-/m0/s1. The normalized spacial score (nSPS) is 18.0. The van der Waals surface area contributed by atoms with Crippen LogP contribution < -0.4 is 0 Å². The van der Waals surface area contributed by atoms with Crippen LogP contribution in [-0.4, -0.2) is 37.2 Å². The van der Waals surface area contributed by atoms with Crippen molar-refractivity contribution >= 4 is 22.2 Å². The zero-order chi connectivity index (χ0) is 18.1. The van der Waals surface area contributed by atoms with Gasteiger partial charge in [-0.25, -0.2) is 0 Å². The summed E-state index contributed by atoms with van der Waals surface area (Å²) in [5.41, 5.74) is 0.739. The highest BCUT2D eigenvalue weighted by atomic mass is 32.1. The summed E-state index contributed by atoms with van der Waals surface area (Å²) in [6, 6.07) is 9.54. The maximum Gasteiger partial charge on any atom is 0.254 e. The molecule has 3 heterocycles. The third-order valence-electron chi connectivity index (χ3n) is 4.73. The summed E-state index contributed by atoms with van der Waals surface area (Å²) in [4.78, 5) is 15.8. The Bertz CT molecular complexity index is 901. The number of aromatic nitrogens is 4. The topological polar surface area (TPSA) is 63.4 Å². The number of amides is 1. The molecule has 0 saturated carbocycles. The van der Waals surface area contributed by atoms with E-state index in [0.717, 1.165) is 53.6 Å². The summed E-state index contributed by atoms with van der Waals surface area (Å²) in [7, 11) is 0. The van der Waals surface area contributed by atoms with E-state index >= 15 is 0 Å². The van der Waals surface area contributed by atoms with Crippen LogP contribution in [0.2, 0.25) is 0 Å². The third-order valence-corrected chi connectivity index (χ3v) is 5.73. The zero-order valence-corrected chi connectivity index (χ0v) is 15.9. The van der Waals surface area contributed by atoms with Crippen LogP contribution in [0.5, 0.6) is 0 Å². The molecular weight excluding hydrogens is 346 g/mol. The number of piperidine rings is 1. The molecule has 3 aromatic rings. The van der Waals surface area contributed by atoms with Gasteiger partial charge < -0.3 is 4.90 Å². The average molecular weight is 369 g/mol. The zero-order valence-electron chi connectivity index (χ0n) is 15.1. The Morgan fingerprint density at radius 3 is 2.81 bits per heavy atom. The first-order chi connectivity index (χ1) is 12.6. The molecule has 4 rings (SSSR count). The number of nitrogens with zero attached hydrogens (tertiary/aromatic N) is 5. The predicted molar refractivity (Wildman–Crippen MR) is 101 cm³/mol. The molecule has 0 bridgehead atoms. The van der Waals surface area contributed by atoms with Crippen LogP contribution in [0.3, 0.4) is 0 Å². The lowest BCUT2D eigenvalue weighted by Crippen LogP contribution is -2.38. The molecule has 7 heteroatoms. The molecule has 1 atom stereocenters. The monoisotopic (exact) mass is 369 g/mol. The largest absolute Gasteiger partial charge is 0.329 e. The van der Waals surface area contributed by atoms with E-state index in [1.54, 1.807) is 11.3 Å². The molecule has 1 aromatic carbocycles. The fourth-order valence-corrected chi connectivity index (χ4v) is 4.48. The van der Waals surface area contributed by atoms with E-state index in [1.807, 2.05) is 39.7 Å². The quantitative estimate of drug-likeness (QED) is 0.702. The Labute approximate surface area is 156 Å². The van der Waals surface area contributed by atoms with Gasteiger partial charge in [-0.05, 0) is 37.3 Å². The molecule has 1 saturated heterocycles. The minimum absolute atomic E-state index is 0.0232. The first kappa shape index (κ1) is 17.1. The van der Waals surface area contributed by atoms with Crippen molar-refractivity contribution in [2.75, 3.05) is 6.54 Å². The second kappa shape index (κ2) is 7.15. The maximum absolute atomic E-state index is 13.0. The van der Waals surface area contributed by atoms with Gasteiger partial charge in [0.1, 0.15) is 5.01 Å². The first-order valence-electron chi connectivity index (χ1n) is 9.20. The van der Waals surface area contributed by atoms with Gasteiger partial charge in [-0.3, -0.25) is 4.79 Å². The molecule has 136 valence electrons. The van der Waals surface area contributed by atoms with Crippen LogP contribution in [0.4, 0.5) is 0 Å². The van der Waals surface area contributed by atoms with Crippen LogP contribution >= 0.6 is 11.3 Å². The van der Waals surface area contributed by atoms with Crippen LogP contribution in [0.1, 0.15) is 60.3 Å². The molecule has 1 aliphatic heterocycles. The Balaban J connectivity index is 1.65. The van der Waals surface area contributed by atoms with Crippen molar-refractivity contribution in [3.8, 4) is 0 Å². The number of hydrogen-bond donors (Lipinski definition) is 0. The van der Waals surface area contributed by atoms with Gasteiger partial charge >= 0.3 is 0 Å². The van der Waals surface area contributed by atoms with Gasteiger partial charge in [-0.15, -0.1) is 10.2 Å². The van der Waals surface area contributed by atoms with E-state index in [9.17, 15) is 4.79 Å². The summed E-state index contributed by atoms with van der Waals surface area (Å²) >= 11 is 1.55. The Morgan fingerprint density at radius 1 is 1.23 bits per heavy atom. The molecule has 0 unspecified atom stereocenters. The van der Waals surface area contributed by atoms with Gasteiger partial charge in [0.2, 0.25) is 4.96 Å². The SMILES string of the molecule is CC(C)Cc1nnc2sc([C@@H]3CCCCN3C(=O)c3ccccc3)nn12. The molecular formula is C19H23N5OS. The number of rotatable bonds is 4. The van der Waals surface area contributed by atoms with Crippen molar-refractivity contribution in [1.82, 2.24) is 24.7 Å². The van der Waals surface area contributed by atoms with E-state index in [-0.39, 0.29) is 11.9 Å². The molecule has 1 fully saturated rings. The van der Waals surface area contributed by atoms with Crippen LogP contribution in [0.15, 0.2) is 30.3 Å². The van der Waals surface area contributed by atoms with Crippen molar-refractivity contribution in [2.45, 2.75) is 45.6 Å². The van der Waals surface area contributed by atoms with E-state index in [4.69, 9.17) is 5.10 Å². The van der Waals surface area contributed by atoms with Crippen LogP contribution in [0, 0.1) is 5.92 Å². The van der Waals surface area contributed by atoms with Crippen molar-refractivity contribution in [3.63, 3.8) is 0 Å². The molecule has 26 heavy (non-hydrogen) atoms. The molecule has 6 nitrogen and oxygen atoms in total. The van der Waals surface area contributed by atoms with E-state index in [0.29, 0.717) is 5.92 Å². The number of benzene rings is 1. The number of fused-ring (bicyclic) bond motifs is 1. The number of carbonyl (C=O) groups is 1. The van der Waals surface area contributed by atoms with Crippen molar-refractivity contribution in [3.05, 3.63) is 46.7 Å². The van der Waals surface area contributed by atoms with Gasteiger partial charge in [0.15, 0.2) is 5.82 Å². The third kappa shape index (κ3) is 3.23. The summed E-state index contributed by atoms with van der Waals surface area (Å²) < 4.78 is 1.86. The molecule has 0 N–H and O–H groups in total. The predicted octanol–water partition coefficient (Wildman–Crippen LogP) is 3.75. The molecule has 2 aromatic heterocycles. The van der Waals surface area contributed by atoms with Crippen molar-refractivity contribution < 1.29 is 4.79 Å². The lowest BCUT2D eigenvalue weighted by molar-refractivity contribution is 0.0610. The molecule has 0 spiro atoms. The number of hydrogen-bond acceptors (Lipinski definition) is 5.